The number of carbonyl (C=O) groups excluding carboxylic acids is 8. The number of aliphatic hydroxyl groups is 1. The maximum absolute atomic E-state index is 14.7. The quantitative estimate of drug-likeness (QED) is 0.0187. The molecule has 0 aliphatic heterocycles. The number of nitrogens with one attached hydrogen (secondary N) is 10. The lowest BCUT2D eigenvalue weighted by atomic mass is 9.97. The van der Waals surface area contributed by atoms with E-state index in [0.29, 0.717) is 61.2 Å². The summed E-state index contributed by atoms with van der Waals surface area (Å²) in [5, 5.41) is 41.4. The monoisotopic (exact) mass is 1310 g/mol. The number of unbranched alkanes of at least 4 members (excludes halogenated alkanes) is 2. The van der Waals surface area contributed by atoms with Crippen molar-refractivity contribution >= 4 is 60.6 Å². The summed E-state index contributed by atoms with van der Waals surface area (Å²) in [5.41, 5.74) is 20.6. The van der Waals surface area contributed by atoms with Crippen LogP contribution >= 0.6 is 7.37 Å². The average Bonchev–Trinajstić information content (AvgIpc) is 1.36. The molecule has 0 saturated carbocycles. The summed E-state index contributed by atoms with van der Waals surface area (Å²) in [6.45, 7) is 4.63. The second-order valence-electron chi connectivity index (χ2n) is 23.5. The zero-order chi connectivity index (χ0) is 67.9. The Morgan fingerprint density at radius 1 is 0.495 bits per heavy atom. The van der Waals surface area contributed by atoms with Crippen molar-refractivity contribution in [1.82, 2.24) is 62.5 Å². The fourth-order valence-electron chi connectivity index (χ4n) is 10.2. The Balaban J connectivity index is 1.33. The molecule has 0 spiro atoms. The van der Waals surface area contributed by atoms with Crippen LogP contribution in [0.4, 0.5) is 0 Å². The van der Waals surface area contributed by atoms with E-state index in [0.717, 1.165) is 5.56 Å². The van der Waals surface area contributed by atoms with Gasteiger partial charge in [0.25, 0.3) is 0 Å². The van der Waals surface area contributed by atoms with Gasteiger partial charge in [-0.1, -0.05) is 105 Å². The number of aromatic nitrogens is 4. The Morgan fingerprint density at radius 2 is 0.882 bits per heavy atom. The second kappa shape index (κ2) is 39.0. The maximum Gasteiger partial charge on any atom is 0.326 e. The predicted octanol–water partition coefficient (Wildman–Crippen LogP) is 0.487. The van der Waals surface area contributed by atoms with Gasteiger partial charge in [-0.3, -0.25) is 42.9 Å². The number of imidazole rings is 2. The molecule has 0 aliphatic rings. The standard InChI is InChI=1S/C64H92N15O13P/c1-40(2)29-45(37-93(91,92)55(67)26-25-42-17-7-4-8-18-42)57(82)73-48(23-13-15-27-65)58(83)77-53(33-47-35-69-39-71-47)62(87)78-52(32-46-34-68-38-70-46)59(84)72-41(3)56(81)75-50(30-43-19-9-5-10-20-43)61(86)79-54(36-80)63(88)76-51(31-44-21-11-6-12-22-44)60(85)74-49(64(89)90)24-14-16-28-66/h4-12,17-22,34-35,38-41,45,48-55,80H,13-16,23-33,36-37,65-67H2,1-3H3,(H,68,70)(H,69,71)(H,72,84)(H,73,82)(H,74,85)(H,75,81)(H,76,88)(H,77,83)(H,78,87)(H,79,86)(H,89,90)(H,91,92)/t41-,45+,48-,49-,50-,51-,52-,53-,54-,55+/m0/s1. The minimum atomic E-state index is -4.14. The van der Waals surface area contributed by atoms with Gasteiger partial charge in [0.1, 0.15) is 48.3 Å². The molecule has 0 aliphatic carbocycles. The van der Waals surface area contributed by atoms with Crippen LogP contribution < -0.4 is 59.7 Å². The first-order valence-electron chi connectivity index (χ1n) is 31.3. The van der Waals surface area contributed by atoms with Crippen LogP contribution in [0.1, 0.15) is 100 Å². The van der Waals surface area contributed by atoms with Crippen LogP contribution in [0.5, 0.6) is 0 Å². The minimum Gasteiger partial charge on any atom is -0.480 e. The van der Waals surface area contributed by atoms with Crippen molar-refractivity contribution in [3.63, 3.8) is 0 Å². The van der Waals surface area contributed by atoms with E-state index < -0.39 is 133 Å². The Hall–Kier alpha value is -8.66. The van der Waals surface area contributed by atoms with Crippen LogP contribution in [0.25, 0.3) is 0 Å². The van der Waals surface area contributed by atoms with Crippen LogP contribution in [0.3, 0.4) is 0 Å². The van der Waals surface area contributed by atoms with E-state index in [9.17, 15) is 62.8 Å². The van der Waals surface area contributed by atoms with Gasteiger partial charge in [0.05, 0.1) is 25.0 Å². The van der Waals surface area contributed by atoms with Crippen molar-refractivity contribution in [1.29, 1.82) is 0 Å². The van der Waals surface area contributed by atoms with E-state index in [1.807, 2.05) is 44.2 Å². The molecule has 29 heteroatoms. The zero-order valence-corrected chi connectivity index (χ0v) is 53.7. The van der Waals surface area contributed by atoms with Crippen LogP contribution in [0.2, 0.25) is 0 Å². The summed E-state index contributed by atoms with van der Waals surface area (Å²) in [7, 11) is -4.14. The fraction of sp³-hybridized carbons (Fsp3) is 0.484. The van der Waals surface area contributed by atoms with Crippen molar-refractivity contribution in [3.8, 4) is 0 Å². The third-order valence-corrected chi connectivity index (χ3v) is 17.7. The molecule has 8 amide bonds. The van der Waals surface area contributed by atoms with Gasteiger partial charge in [-0.15, -0.1) is 0 Å². The van der Waals surface area contributed by atoms with E-state index in [1.165, 1.54) is 32.0 Å². The summed E-state index contributed by atoms with van der Waals surface area (Å²) in [5.74, 6) is -10.5. The zero-order valence-electron chi connectivity index (χ0n) is 52.8. The SMILES string of the molecule is CC(C)C[C@H](CP(=O)(O)[C@@H](N)CCc1ccccc1)C(=O)N[C@@H](CCCCN)C(=O)N[C@@H](Cc1cnc[nH]1)C(=O)N[C@@H](Cc1cnc[nH]1)C(=O)N[C@@H](C)C(=O)N[C@@H](Cc1ccccc1)C(=O)N[C@@H](CO)C(=O)N[C@@H](Cc1ccccc1)C(=O)N[C@@H](CCCCN)C(=O)O. The van der Waals surface area contributed by atoms with E-state index in [2.05, 4.69) is 62.5 Å². The Kier molecular flexibility index (Phi) is 31.5. The molecule has 2 heterocycles. The van der Waals surface area contributed by atoms with Gasteiger partial charge in [-0.05, 0) is 100 Å². The molecule has 3 aromatic carbocycles. The van der Waals surface area contributed by atoms with Crippen molar-refractivity contribution in [2.45, 2.75) is 158 Å². The Bertz CT molecular complexity index is 3190. The highest BCUT2D eigenvalue weighted by Gasteiger charge is 2.38. The van der Waals surface area contributed by atoms with E-state index in [1.54, 1.807) is 60.7 Å². The van der Waals surface area contributed by atoms with Crippen molar-refractivity contribution in [2.75, 3.05) is 25.9 Å². The van der Waals surface area contributed by atoms with Gasteiger partial charge in [-0.25, -0.2) is 14.8 Å². The van der Waals surface area contributed by atoms with Gasteiger partial charge >= 0.3 is 5.97 Å². The van der Waals surface area contributed by atoms with Gasteiger partial charge in [0.15, 0.2) is 0 Å². The molecule has 1 unspecified atom stereocenters. The largest absolute Gasteiger partial charge is 0.480 e. The number of nitrogens with two attached hydrogens (primary N) is 3. The number of nitrogens with zero attached hydrogens (tertiary/aromatic N) is 2. The number of hydrogen-bond acceptors (Lipinski definition) is 16. The van der Waals surface area contributed by atoms with Crippen molar-refractivity contribution in [2.24, 2.45) is 29.0 Å². The number of H-pyrrole nitrogens is 2. The number of carboxylic acid groups (broad SMARTS) is 1. The van der Waals surface area contributed by atoms with E-state index in [4.69, 9.17) is 17.2 Å². The molecule has 0 bridgehead atoms. The molecule has 0 fully saturated rings. The molecule has 11 atom stereocenters. The highest BCUT2D eigenvalue weighted by molar-refractivity contribution is 7.58. The lowest BCUT2D eigenvalue weighted by molar-refractivity contribution is -0.142. The van der Waals surface area contributed by atoms with Gasteiger partial charge in [0.2, 0.25) is 54.6 Å². The number of carbonyl (C=O) groups is 9. The van der Waals surface area contributed by atoms with Crippen LogP contribution in [0, 0.1) is 11.8 Å². The number of aromatic amines is 2. The molecule has 28 nitrogen and oxygen atoms in total. The molecule has 2 aromatic heterocycles. The molecule has 0 saturated heterocycles. The summed E-state index contributed by atoms with van der Waals surface area (Å²) in [6.07, 6.45) is 7.11. The summed E-state index contributed by atoms with van der Waals surface area (Å²) >= 11 is 0. The Morgan fingerprint density at radius 3 is 1.31 bits per heavy atom. The fourth-order valence-corrected chi connectivity index (χ4v) is 12.0. The summed E-state index contributed by atoms with van der Waals surface area (Å²) in [6, 6.07) is 14.9. The van der Waals surface area contributed by atoms with Crippen molar-refractivity contribution < 1.29 is 62.8 Å². The topological polar surface area (TPSA) is 463 Å². The molecule has 19 N–H and O–H groups in total. The summed E-state index contributed by atoms with van der Waals surface area (Å²) in [4.78, 5) is 151. The number of benzene rings is 3. The lowest BCUT2D eigenvalue weighted by Gasteiger charge is -2.28. The Labute approximate surface area is 541 Å². The number of aliphatic carboxylic acids is 1. The number of aliphatic hydroxyl groups excluding tert-OH is 1. The second-order valence-corrected chi connectivity index (χ2v) is 26.1. The normalized spacial score (nSPS) is 15.2. The first-order chi connectivity index (χ1) is 44.5. The lowest BCUT2D eigenvalue weighted by Crippen LogP contribution is -2.61. The number of aryl methyl sites for hydroxylation is 1. The van der Waals surface area contributed by atoms with Crippen LogP contribution in [0.15, 0.2) is 116 Å². The average molecular weight is 1310 g/mol. The first-order valence-corrected chi connectivity index (χ1v) is 33.2. The molecule has 0 radical (unpaired) electrons. The molecular formula is C64H92N15O13P. The number of amides is 8. The van der Waals surface area contributed by atoms with E-state index >= 15 is 0 Å². The molecule has 93 heavy (non-hydrogen) atoms. The number of hydrogen-bond donors (Lipinski definition) is 16. The molecule has 5 aromatic rings. The molecule has 506 valence electrons. The highest BCUT2D eigenvalue weighted by Crippen LogP contribution is 2.48. The smallest absolute Gasteiger partial charge is 0.326 e. The third kappa shape index (κ3) is 26.1. The highest BCUT2D eigenvalue weighted by atomic mass is 31.2. The molecular weight excluding hydrogens is 1220 g/mol. The van der Waals surface area contributed by atoms with Crippen LogP contribution in [-0.4, -0.2) is 168 Å². The van der Waals surface area contributed by atoms with Gasteiger partial charge < -0.3 is 84.8 Å². The van der Waals surface area contributed by atoms with Crippen LogP contribution in [-0.2, 0) is 79.8 Å². The maximum atomic E-state index is 14.7. The van der Waals surface area contributed by atoms with Gasteiger partial charge in [0, 0.05) is 61.5 Å². The van der Waals surface area contributed by atoms with Crippen molar-refractivity contribution in [3.05, 3.63) is 144 Å². The number of rotatable bonds is 42. The van der Waals surface area contributed by atoms with Gasteiger partial charge in [-0.2, -0.15) is 0 Å². The molecule has 5 rings (SSSR count). The first kappa shape index (κ1) is 75.1. The third-order valence-electron chi connectivity index (χ3n) is 15.5. The predicted molar refractivity (Wildman–Crippen MR) is 347 cm³/mol. The van der Waals surface area contributed by atoms with E-state index in [-0.39, 0.29) is 63.8 Å². The summed E-state index contributed by atoms with van der Waals surface area (Å²) < 4.78 is 13.9. The minimum absolute atomic E-state index is 0.0609. The number of carboxylic acids is 1.